The van der Waals surface area contributed by atoms with E-state index in [1.54, 1.807) is 6.08 Å². The highest BCUT2D eigenvalue weighted by atomic mass is 35.5. The van der Waals surface area contributed by atoms with E-state index in [1.807, 2.05) is 54.8 Å². The molecule has 1 aromatic carbocycles. The van der Waals surface area contributed by atoms with Gasteiger partial charge in [0.1, 0.15) is 5.54 Å². The zero-order valence-electron chi connectivity index (χ0n) is 10.5. The van der Waals surface area contributed by atoms with Crippen molar-refractivity contribution in [2.24, 2.45) is 10.9 Å². The molecule has 1 aromatic rings. The van der Waals surface area contributed by atoms with Crippen LogP contribution in [0.3, 0.4) is 0 Å². The minimum atomic E-state index is -1.06. The van der Waals surface area contributed by atoms with Crippen LogP contribution in [0.1, 0.15) is 18.4 Å². The lowest BCUT2D eigenvalue weighted by molar-refractivity contribution is 0.540. The number of hydrogen-bond acceptors (Lipinski definition) is 1. The fourth-order valence-electron chi connectivity index (χ4n) is 2.26. The van der Waals surface area contributed by atoms with Gasteiger partial charge in [-0.1, -0.05) is 65.7 Å². The molecule has 0 spiro atoms. The highest BCUT2D eigenvalue weighted by Gasteiger charge is 2.48. The average molecular weight is 292 g/mol. The molecule has 0 aliphatic heterocycles. The van der Waals surface area contributed by atoms with Gasteiger partial charge in [-0.05, 0) is 36.5 Å². The molecule has 2 aliphatic rings. The van der Waals surface area contributed by atoms with Crippen LogP contribution in [0.5, 0.6) is 0 Å². The summed E-state index contributed by atoms with van der Waals surface area (Å²) in [6, 6.07) is 9.99. The lowest BCUT2D eigenvalue weighted by Crippen LogP contribution is -2.40. The van der Waals surface area contributed by atoms with E-state index in [9.17, 15) is 0 Å². The Morgan fingerprint density at radius 2 is 1.74 bits per heavy atom. The van der Waals surface area contributed by atoms with Crippen molar-refractivity contribution in [3.63, 3.8) is 0 Å². The van der Waals surface area contributed by atoms with Crippen LogP contribution in [0.2, 0.25) is 0 Å². The van der Waals surface area contributed by atoms with Crippen LogP contribution < -0.4 is 0 Å². The van der Waals surface area contributed by atoms with Crippen LogP contribution in [0, 0.1) is 5.92 Å². The Hall–Kier alpha value is -1.05. The molecule has 1 nitrogen and oxygen atoms in total. The van der Waals surface area contributed by atoms with Crippen molar-refractivity contribution in [2.75, 3.05) is 0 Å². The average Bonchev–Trinajstić information content (AvgIpc) is 3.22. The van der Waals surface area contributed by atoms with E-state index in [4.69, 9.17) is 28.2 Å². The van der Waals surface area contributed by atoms with Gasteiger partial charge in [0.05, 0.1) is 0 Å². The van der Waals surface area contributed by atoms with Crippen molar-refractivity contribution in [1.82, 2.24) is 0 Å². The van der Waals surface area contributed by atoms with Crippen molar-refractivity contribution in [1.29, 1.82) is 0 Å². The van der Waals surface area contributed by atoms with E-state index in [-0.39, 0.29) is 0 Å². The summed E-state index contributed by atoms with van der Waals surface area (Å²) in [6.07, 6.45) is 12.1. The molecule has 98 valence electrons. The molecule has 1 atom stereocenters. The summed E-state index contributed by atoms with van der Waals surface area (Å²) < 4.78 is -1.06. The maximum absolute atomic E-state index is 6.55. The molecule has 0 heterocycles. The zero-order valence-corrected chi connectivity index (χ0v) is 12.0. The number of alkyl halides is 2. The van der Waals surface area contributed by atoms with E-state index in [2.05, 4.69) is 0 Å². The minimum absolute atomic E-state index is 0.587. The summed E-state index contributed by atoms with van der Waals surface area (Å²) in [4.78, 5) is 4.77. The molecule has 0 N–H and O–H groups in total. The first-order chi connectivity index (χ1) is 9.14. The number of hydrogen-bond donors (Lipinski definition) is 0. The summed E-state index contributed by atoms with van der Waals surface area (Å²) in [5.74, 6) is 0.587. The summed E-state index contributed by atoms with van der Waals surface area (Å²) in [6.45, 7) is 0. The summed E-state index contributed by atoms with van der Waals surface area (Å²) in [5.41, 5.74) is 0.284. The van der Waals surface area contributed by atoms with Gasteiger partial charge in [0, 0.05) is 6.21 Å². The van der Waals surface area contributed by atoms with E-state index in [0.717, 1.165) is 5.56 Å². The van der Waals surface area contributed by atoms with Gasteiger partial charge in [-0.3, -0.25) is 4.99 Å². The number of halogens is 2. The molecule has 0 bridgehead atoms. The summed E-state index contributed by atoms with van der Waals surface area (Å²) in [5, 5.41) is 0. The summed E-state index contributed by atoms with van der Waals surface area (Å²) in [7, 11) is 0. The van der Waals surface area contributed by atoms with Crippen molar-refractivity contribution in [2.45, 2.75) is 22.7 Å². The maximum Gasteiger partial charge on any atom is 0.169 e. The molecule has 1 unspecified atom stereocenters. The second-order valence-electron chi connectivity index (χ2n) is 5.09. The molecule has 3 rings (SSSR count). The molecule has 3 heteroatoms. The Labute approximate surface area is 123 Å². The van der Waals surface area contributed by atoms with Gasteiger partial charge >= 0.3 is 0 Å². The number of aliphatic imine (C=N–C) groups is 1. The largest absolute Gasteiger partial charge is 0.278 e. The normalized spacial score (nSPS) is 28.9. The zero-order chi connectivity index (χ0) is 13.3. The van der Waals surface area contributed by atoms with Crippen LogP contribution in [0.15, 0.2) is 59.6 Å². The van der Waals surface area contributed by atoms with Crippen molar-refractivity contribution >= 4 is 29.4 Å². The van der Waals surface area contributed by atoms with Crippen LogP contribution in [-0.2, 0) is 5.54 Å². The van der Waals surface area contributed by atoms with Crippen LogP contribution in [-0.4, -0.2) is 10.5 Å². The predicted octanol–water partition coefficient (Wildman–Crippen LogP) is 4.66. The topological polar surface area (TPSA) is 12.4 Å². The molecule has 0 amide bonds. The fraction of sp³-hybridized carbons (Fsp3) is 0.312. The van der Waals surface area contributed by atoms with Gasteiger partial charge in [-0.15, -0.1) is 0 Å². The standard InChI is InChI=1S/C16H15Cl2N/c17-16(18)11-5-4-10-15(16,19-12-13-8-9-13)14-6-2-1-3-7-14/h1-7,10-13H,8-9H2. The van der Waals surface area contributed by atoms with Gasteiger partial charge in [0.15, 0.2) is 4.33 Å². The Bertz CT molecular complexity index is 541. The lowest BCUT2D eigenvalue weighted by Gasteiger charge is -2.38. The van der Waals surface area contributed by atoms with Crippen molar-refractivity contribution in [3.05, 3.63) is 60.2 Å². The molecule has 0 radical (unpaired) electrons. The van der Waals surface area contributed by atoms with Gasteiger partial charge in [-0.2, -0.15) is 0 Å². The second kappa shape index (κ2) is 4.81. The quantitative estimate of drug-likeness (QED) is 0.567. The molecular formula is C16H15Cl2N. The van der Waals surface area contributed by atoms with Crippen molar-refractivity contribution in [3.8, 4) is 0 Å². The Balaban J connectivity index is 2.09. The van der Waals surface area contributed by atoms with E-state index in [1.165, 1.54) is 12.8 Å². The third kappa shape index (κ3) is 2.37. The number of benzene rings is 1. The molecule has 1 saturated carbocycles. The van der Waals surface area contributed by atoms with E-state index >= 15 is 0 Å². The monoisotopic (exact) mass is 291 g/mol. The Kier molecular flexibility index (Phi) is 3.28. The van der Waals surface area contributed by atoms with E-state index in [0.29, 0.717) is 5.92 Å². The minimum Gasteiger partial charge on any atom is -0.278 e. The molecular weight excluding hydrogens is 277 g/mol. The lowest BCUT2D eigenvalue weighted by atomic mass is 9.83. The first-order valence-electron chi connectivity index (χ1n) is 6.50. The number of rotatable bonds is 3. The SMILES string of the molecule is ClC1(Cl)C=CC=CC1(N=CC1CC1)c1ccccc1. The van der Waals surface area contributed by atoms with Gasteiger partial charge in [-0.25, -0.2) is 0 Å². The first kappa shape index (κ1) is 13.0. The van der Waals surface area contributed by atoms with Gasteiger partial charge < -0.3 is 0 Å². The number of nitrogens with zero attached hydrogens (tertiary/aromatic N) is 1. The highest BCUT2D eigenvalue weighted by molar-refractivity contribution is 6.51. The molecule has 1 fully saturated rings. The van der Waals surface area contributed by atoms with Gasteiger partial charge in [0.25, 0.3) is 0 Å². The van der Waals surface area contributed by atoms with Crippen LogP contribution in [0.25, 0.3) is 0 Å². The van der Waals surface area contributed by atoms with Gasteiger partial charge in [0.2, 0.25) is 0 Å². The Morgan fingerprint density at radius 1 is 1.05 bits per heavy atom. The number of allylic oxidation sites excluding steroid dienone is 2. The molecule has 2 aliphatic carbocycles. The third-order valence-electron chi connectivity index (χ3n) is 3.59. The summed E-state index contributed by atoms with van der Waals surface area (Å²) >= 11 is 13.1. The molecule has 0 saturated heterocycles. The van der Waals surface area contributed by atoms with E-state index < -0.39 is 9.87 Å². The van der Waals surface area contributed by atoms with Crippen LogP contribution in [0.4, 0.5) is 0 Å². The molecule has 0 aromatic heterocycles. The molecule has 19 heavy (non-hydrogen) atoms. The second-order valence-corrected chi connectivity index (χ2v) is 6.48. The Morgan fingerprint density at radius 3 is 2.37 bits per heavy atom. The van der Waals surface area contributed by atoms with Crippen LogP contribution >= 0.6 is 23.2 Å². The fourth-order valence-corrected chi connectivity index (χ4v) is 2.85. The predicted molar refractivity (Wildman–Crippen MR) is 82.1 cm³/mol. The third-order valence-corrected chi connectivity index (χ3v) is 4.42. The first-order valence-corrected chi connectivity index (χ1v) is 7.25. The smallest absolute Gasteiger partial charge is 0.169 e. The maximum atomic E-state index is 6.55. The van der Waals surface area contributed by atoms with Crippen molar-refractivity contribution < 1.29 is 0 Å². The highest BCUT2D eigenvalue weighted by Crippen LogP contribution is 2.49.